The molecule has 0 unspecified atom stereocenters. The van der Waals surface area contributed by atoms with E-state index in [0.717, 1.165) is 10.9 Å². The Morgan fingerprint density at radius 1 is 1.29 bits per heavy atom. The first-order valence-corrected chi connectivity index (χ1v) is 7.09. The molecule has 1 aromatic carbocycles. The van der Waals surface area contributed by atoms with E-state index in [9.17, 15) is 4.79 Å². The van der Waals surface area contributed by atoms with Crippen LogP contribution in [0.1, 0.15) is 25.3 Å². The van der Waals surface area contributed by atoms with Gasteiger partial charge in [-0.25, -0.2) is 0 Å². The van der Waals surface area contributed by atoms with Crippen LogP contribution in [-0.2, 0) is 11.2 Å². The van der Waals surface area contributed by atoms with Crippen molar-refractivity contribution in [1.82, 2.24) is 0 Å². The fourth-order valence-electron chi connectivity index (χ4n) is 1.14. The zero-order valence-corrected chi connectivity index (χ0v) is 10.2. The summed E-state index contributed by atoms with van der Waals surface area (Å²) in [5, 5.41) is 1.11. The summed E-state index contributed by atoms with van der Waals surface area (Å²) in [5.41, 5.74) is 1.15. The molecule has 0 spiro atoms. The molecule has 0 aromatic heterocycles. The molecule has 0 fully saturated rings. The number of unbranched alkanes of at least 4 members (excludes halogenated alkanes) is 1. The number of benzene rings is 1. The monoisotopic (exact) mass is 256 g/mol. The van der Waals surface area contributed by atoms with Crippen LogP contribution in [0.4, 0.5) is 0 Å². The van der Waals surface area contributed by atoms with Crippen LogP contribution in [0.15, 0.2) is 30.3 Å². The Labute approximate surface area is 92.1 Å². The van der Waals surface area contributed by atoms with Gasteiger partial charge in [0.1, 0.15) is 0 Å². The number of hydrogen-bond donors (Lipinski definition) is 0. The quantitative estimate of drug-likeness (QED) is 0.564. The van der Waals surface area contributed by atoms with Crippen LogP contribution < -0.4 is 0 Å². The molecule has 0 heterocycles. The van der Waals surface area contributed by atoms with Crippen molar-refractivity contribution in [3.05, 3.63) is 35.9 Å². The van der Waals surface area contributed by atoms with Crippen LogP contribution >= 0.6 is 0 Å². The predicted octanol–water partition coefficient (Wildman–Crippen LogP) is 2.68. The summed E-state index contributed by atoms with van der Waals surface area (Å²) in [4.78, 5) is 11.5. The van der Waals surface area contributed by atoms with E-state index in [2.05, 4.69) is 6.92 Å². The summed E-state index contributed by atoms with van der Waals surface area (Å²) in [7, 11) is 0. The van der Waals surface area contributed by atoms with Crippen LogP contribution in [-0.4, -0.2) is 19.6 Å². The second kappa shape index (κ2) is 6.80. The summed E-state index contributed by atoms with van der Waals surface area (Å²) < 4.78 is 0.428. The Morgan fingerprint density at radius 2 is 2.00 bits per heavy atom. The van der Waals surface area contributed by atoms with Gasteiger partial charge in [-0.15, -0.1) is 0 Å². The van der Waals surface area contributed by atoms with Crippen molar-refractivity contribution in [2.75, 3.05) is 0 Å². The van der Waals surface area contributed by atoms with Crippen LogP contribution in [0.25, 0.3) is 0 Å². The first-order chi connectivity index (χ1) is 6.83. The molecule has 76 valence electrons. The van der Waals surface area contributed by atoms with E-state index in [1.807, 2.05) is 30.3 Å². The third-order valence-electron chi connectivity index (χ3n) is 1.95. The fraction of sp³-hybridized carbons (Fsp3) is 0.417. The maximum absolute atomic E-state index is 11.5. The third kappa shape index (κ3) is 4.59. The zero-order valence-electron chi connectivity index (χ0n) is 8.53. The molecule has 0 saturated heterocycles. The second-order valence-electron chi connectivity index (χ2n) is 3.24. The molecule has 1 rings (SSSR count). The van der Waals surface area contributed by atoms with Crippen molar-refractivity contribution in [3.8, 4) is 0 Å². The average molecular weight is 255 g/mol. The van der Waals surface area contributed by atoms with Crippen molar-refractivity contribution in [3.63, 3.8) is 0 Å². The topological polar surface area (TPSA) is 17.1 Å². The van der Waals surface area contributed by atoms with E-state index in [-0.39, 0.29) is 15.0 Å². The number of rotatable bonds is 6. The van der Waals surface area contributed by atoms with Crippen molar-refractivity contribution in [2.24, 2.45) is 0 Å². The summed E-state index contributed by atoms with van der Waals surface area (Å²) in [6.45, 7) is 2.16. The number of hydrogen-bond acceptors (Lipinski definition) is 1. The minimum atomic E-state index is 0.200. The van der Waals surface area contributed by atoms with Gasteiger partial charge >= 0.3 is 91.8 Å². The molecule has 0 aliphatic heterocycles. The van der Waals surface area contributed by atoms with Gasteiger partial charge in [0.15, 0.2) is 0 Å². The Balaban J connectivity index is 2.27. The molecule has 0 amide bonds. The Kier molecular flexibility index (Phi) is 5.58. The molecule has 1 aromatic rings. The van der Waals surface area contributed by atoms with Gasteiger partial charge < -0.3 is 0 Å². The molecule has 0 aliphatic carbocycles. The van der Waals surface area contributed by atoms with E-state index >= 15 is 0 Å². The molecular formula is C12H16OSe. The SMILES string of the molecule is CCCC[Se]C(=O)Cc1ccccc1. The van der Waals surface area contributed by atoms with Gasteiger partial charge in [0.25, 0.3) is 0 Å². The van der Waals surface area contributed by atoms with Crippen molar-refractivity contribution >= 4 is 19.6 Å². The van der Waals surface area contributed by atoms with Crippen molar-refractivity contribution < 1.29 is 4.79 Å². The predicted molar refractivity (Wildman–Crippen MR) is 60.6 cm³/mol. The first-order valence-electron chi connectivity index (χ1n) is 5.02. The van der Waals surface area contributed by atoms with Crippen LogP contribution in [0.2, 0.25) is 5.32 Å². The van der Waals surface area contributed by atoms with Gasteiger partial charge in [-0.2, -0.15) is 0 Å². The maximum atomic E-state index is 11.5. The van der Waals surface area contributed by atoms with Crippen LogP contribution in [0.5, 0.6) is 0 Å². The normalized spacial score (nSPS) is 10.1. The second-order valence-corrected chi connectivity index (χ2v) is 5.65. The van der Waals surface area contributed by atoms with Gasteiger partial charge in [0.05, 0.1) is 0 Å². The molecular weight excluding hydrogens is 239 g/mol. The van der Waals surface area contributed by atoms with Crippen LogP contribution in [0, 0.1) is 0 Å². The Hall–Kier alpha value is -0.591. The minimum absolute atomic E-state index is 0.200. The fourth-order valence-corrected chi connectivity index (χ4v) is 3.09. The van der Waals surface area contributed by atoms with Gasteiger partial charge in [0, 0.05) is 0 Å². The van der Waals surface area contributed by atoms with Gasteiger partial charge in [-0.3, -0.25) is 0 Å². The van der Waals surface area contributed by atoms with Gasteiger partial charge in [-0.05, 0) is 0 Å². The summed E-state index contributed by atoms with van der Waals surface area (Å²) >= 11 is 0.200. The van der Waals surface area contributed by atoms with Crippen molar-refractivity contribution in [1.29, 1.82) is 0 Å². The molecule has 1 nitrogen and oxygen atoms in total. The summed E-state index contributed by atoms with van der Waals surface area (Å²) in [6, 6.07) is 10.0. The van der Waals surface area contributed by atoms with E-state index in [1.165, 1.54) is 12.8 Å². The Bertz CT molecular complexity index is 269. The Morgan fingerprint density at radius 3 is 2.64 bits per heavy atom. The number of carbonyl (C=O) groups excluding carboxylic acids is 1. The van der Waals surface area contributed by atoms with Crippen LogP contribution in [0.3, 0.4) is 0 Å². The van der Waals surface area contributed by atoms with Gasteiger partial charge in [-0.1, -0.05) is 0 Å². The summed E-state index contributed by atoms with van der Waals surface area (Å²) in [6.07, 6.45) is 3.02. The molecule has 0 radical (unpaired) electrons. The van der Waals surface area contributed by atoms with E-state index in [0.29, 0.717) is 11.1 Å². The first kappa shape index (κ1) is 11.5. The van der Waals surface area contributed by atoms with E-state index in [4.69, 9.17) is 0 Å². The number of carbonyl (C=O) groups is 1. The molecule has 0 bridgehead atoms. The molecule has 2 heteroatoms. The molecule has 0 N–H and O–H groups in total. The van der Waals surface area contributed by atoms with E-state index in [1.54, 1.807) is 0 Å². The average Bonchev–Trinajstić information content (AvgIpc) is 2.20. The third-order valence-corrected chi connectivity index (χ3v) is 3.96. The molecule has 14 heavy (non-hydrogen) atoms. The molecule has 0 saturated carbocycles. The summed E-state index contributed by atoms with van der Waals surface area (Å²) in [5.74, 6) is 0. The van der Waals surface area contributed by atoms with E-state index < -0.39 is 0 Å². The molecule has 0 aliphatic rings. The molecule has 0 atom stereocenters. The van der Waals surface area contributed by atoms with Gasteiger partial charge in [0.2, 0.25) is 0 Å². The van der Waals surface area contributed by atoms with Crippen molar-refractivity contribution in [2.45, 2.75) is 31.5 Å². The zero-order chi connectivity index (χ0) is 10.2. The standard InChI is InChI=1S/C12H16OSe/c1-2-3-9-14-12(13)10-11-7-5-4-6-8-11/h4-8H,2-3,9-10H2,1H3.